The molecule has 1 unspecified atom stereocenters. The van der Waals surface area contributed by atoms with Gasteiger partial charge in [0.15, 0.2) is 0 Å². The molecule has 0 fully saturated rings. The first-order valence-electron chi connectivity index (χ1n) is 2.29. The summed E-state index contributed by atoms with van der Waals surface area (Å²) in [6.45, 7) is 3.46. The predicted octanol–water partition coefficient (Wildman–Crippen LogP) is 3.44. The van der Waals surface area contributed by atoms with Gasteiger partial charge in [0, 0.05) is 6.04 Å². The lowest BCUT2D eigenvalue weighted by molar-refractivity contribution is 1.22. The van der Waals surface area contributed by atoms with Crippen molar-refractivity contribution in [2.75, 3.05) is 0 Å². The monoisotopic (exact) mass is 222 g/mol. The fourth-order valence-corrected chi connectivity index (χ4v) is 3.81. The minimum Gasteiger partial charge on any atom is -0.126 e. The average molecular weight is 224 g/mol. The highest BCUT2D eigenvalue weighted by Crippen LogP contribution is 2.28. The van der Waals surface area contributed by atoms with Crippen molar-refractivity contribution >= 4 is 50.8 Å². The van der Waals surface area contributed by atoms with Crippen LogP contribution in [0.15, 0.2) is 12.7 Å². The van der Waals surface area contributed by atoms with E-state index in [4.69, 9.17) is 44.8 Å². The number of alkyl halides is 1. The van der Waals surface area contributed by atoms with E-state index in [-0.39, 0.29) is 5.38 Å². The number of rotatable bonds is 3. The lowest BCUT2D eigenvalue weighted by Gasteiger charge is -2.08. The molecular weight excluding hydrogens is 218 g/mol. The summed E-state index contributed by atoms with van der Waals surface area (Å²) in [4.78, 5) is 0. The Balaban J connectivity index is 3.59. The summed E-state index contributed by atoms with van der Waals surface area (Å²) in [7, 11) is 0. The van der Waals surface area contributed by atoms with Crippen molar-refractivity contribution < 1.29 is 0 Å². The first kappa shape index (κ1) is 10.1. The Labute approximate surface area is 74.9 Å². The molecule has 0 aromatic carbocycles. The molecule has 0 aliphatic rings. The van der Waals surface area contributed by atoms with Crippen LogP contribution in [0.2, 0.25) is 6.04 Å². The van der Waals surface area contributed by atoms with Gasteiger partial charge in [-0.1, -0.05) is 6.08 Å². The fraction of sp³-hybridized carbons (Fsp3) is 0.500. The third-order valence-corrected chi connectivity index (χ3v) is 3.56. The van der Waals surface area contributed by atoms with E-state index in [0.29, 0.717) is 6.04 Å². The zero-order valence-corrected chi connectivity index (χ0v) is 8.60. The number of allylic oxidation sites excluding steroid dienone is 1. The van der Waals surface area contributed by atoms with E-state index in [1.807, 2.05) is 0 Å². The summed E-state index contributed by atoms with van der Waals surface area (Å²) in [5.74, 6) is 0. The van der Waals surface area contributed by atoms with Crippen molar-refractivity contribution in [1.29, 1.82) is 0 Å². The second-order valence-electron chi connectivity index (χ2n) is 1.57. The van der Waals surface area contributed by atoms with E-state index in [9.17, 15) is 0 Å². The van der Waals surface area contributed by atoms with Gasteiger partial charge < -0.3 is 0 Å². The SMILES string of the molecule is C=CC(Cl)C[Si](Cl)(Cl)Cl. The highest BCUT2D eigenvalue weighted by molar-refractivity contribution is 7.64. The largest absolute Gasteiger partial charge is 0.343 e. The van der Waals surface area contributed by atoms with Crippen molar-refractivity contribution in [2.45, 2.75) is 11.4 Å². The first-order valence-corrected chi connectivity index (χ1v) is 7.97. The molecule has 9 heavy (non-hydrogen) atoms. The standard InChI is InChI=1S/C4H6Cl4Si/c1-2-4(5)3-9(6,7)8/h2,4H,1,3H2. The molecule has 0 amide bonds. The van der Waals surface area contributed by atoms with Crippen molar-refractivity contribution in [2.24, 2.45) is 0 Å². The van der Waals surface area contributed by atoms with Gasteiger partial charge in [0.1, 0.15) is 0 Å². The molecule has 5 heteroatoms. The van der Waals surface area contributed by atoms with Gasteiger partial charge in [0.2, 0.25) is 0 Å². The fourth-order valence-electron chi connectivity index (χ4n) is 0.304. The van der Waals surface area contributed by atoms with Crippen LogP contribution >= 0.6 is 44.8 Å². The molecule has 0 nitrogen and oxygen atoms in total. The predicted molar refractivity (Wildman–Crippen MR) is 48.0 cm³/mol. The molecule has 0 aliphatic heterocycles. The van der Waals surface area contributed by atoms with Gasteiger partial charge in [-0.05, 0) is 0 Å². The van der Waals surface area contributed by atoms with E-state index in [1.54, 1.807) is 6.08 Å². The zero-order valence-electron chi connectivity index (χ0n) is 4.58. The molecule has 0 spiro atoms. The summed E-state index contributed by atoms with van der Waals surface area (Å²) in [6.07, 6.45) is 1.57. The Bertz CT molecular complexity index is 97.2. The smallest absolute Gasteiger partial charge is 0.126 e. The Hall–Kier alpha value is 1.12. The minimum absolute atomic E-state index is 0.204. The molecule has 0 aromatic rings. The van der Waals surface area contributed by atoms with Gasteiger partial charge >= 0.3 is 6.00 Å². The van der Waals surface area contributed by atoms with Crippen LogP contribution in [0.4, 0.5) is 0 Å². The normalized spacial score (nSPS) is 15.1. The van der Waals surface area contributed by atoms with Gasteiger partial charge in [-0.15, -0.1) is 51.4 Å². The van der Waals surface area contributed by atoms with Crippen LogP contribution in [0, 0.1) is 0 Å². The third-order valence-electron chi connectivity index (χ3n) is 0.682. The summed E-state index contributed by atoms with van der Waals surface area (Å²) < 4.78 is 0. The van der Waals surface area contributed by atoms with Crippen molar-refractivity contribution in [1.82, 2.24) is 0 Å². The second-order valence-corrected chi connectivity index (χ2v) is 11.3. The lowest BCUT2D eigenvalue weighted by Crippen LogP contribution is -2.14. The van der Waals surface area contributed by atoms with Gasteiger partial charge in [-0.3, -0.25) is 0 Å². The van der Waals surface area contributed by atoms with Crippen LogP contribution in [0.3, 0.4) is 0 Å². The summed E-state index contributed by atoms with van der Waals surface area (Å²) in [5.41, 5.74) is 0. The summed E-state index contributed by atoms with van der Waals surface area (Å²) >= 11 is 22.2. The van der Waals surface area contributed by atoms with Crippen LogP contribution in [-0.2, 0) is 0 Å². The topological polar surface area (TPSA) is 0 Å². The molecule has 0 rings (SSSR count). The molecule has 0 aromatic heterocycles. The zero-order chi connectivity index (χ0) is 7.49. The molecule has 0 bridgehead atoms. The maximum Gasteiger partial charge on any atom is 0.343 e. The molecule has 0 aliphatic carbocycles. The van der Waals surface area contributed by atoms with Gasteiger partial charge in [0.05, 0.1) is 5.38 Å². The van der Waals surface area contributed by atoms with Crippen LogP contribution in [0.5, 0.6) is 0 Å². The van der Waals surface area contributed by atoms with E-state index < -0.39 is 6.00 Å². The Morgan fingerprint density at radius 2 is 1.89 bits per heavy atom. The van der Waals surface area contributed by atoms with Crippen LogP contribution in [0.25, 0.3) is 0 Å². The summed E-state index contributed by atoms with van der Waals surface area (Å²) in [6, 6.07) is -2.09. The number of halogens is 4. The molecule has 0 heterocycles. The van der Waals surface area contributed by atoms with E-state index in [2.05, 4.69) is 6.58 Å². The quantitative estimate of drug-likeness (QED) is 0.298. The lowest BCUT2D eigenvalue weighted by atomic mass is 10.5. The van der Waals surface area contributed by atoms with E-state index in [0.717, 1.165) is 0 Å². The maximum atomic E-state index is 5.61. The van der Waals surface area contributed by atoms with Crippen molar-refractivity contribution in [3.8, 4) is 0 Å². The Morgan fingerprint density at radius 3 is 2.00 bits per heavy atom. The molecule has 0 saturated heterocycles. The van der Waals surface area contributed by atoms with Crippen LogP contribution in [-0.4, -0.2) is 11.4 Å². The van der Waals surface area contributed by atoms with Gasteiger partial charge in [0.25, 0.3) is 0 Å². The van der Waals surface area contributed by atoms with Crippen molar-refractivity contribution in [3.05, 3.63) is 12.7 Å². The Kier molecular flexibility index (Phi) is 4.60. The number of hydrogen-bond acceptors (Lipinski definition) is 0. The molecule has 0 saturated carbocycles. The van der Waals surface area contributed by atoms with Gasteiger partial charge in [-0.25, -0.2) is 0 Å². The Morgan fingerprint density at radius 1 is 1.44 bits per heavy atom. The second kappa shape index (κ2) is 4.09. The van der Waals surface area contributed by atoms with Crippen LogP contribution in [0.1, 0.15) is 0 Å². The maximum absolute atomic E-state index is 5.61. The first-order chi connectivity index (χ1) is 3.95. The van der Waals surface area contributed by atoms with E-state index >= 15 is 0 Å². The minimum atomic E-state index is -2.53. The highest BCUT2D eigenvalue weighted by atomic mass is 35.8. The molecule has 54 valence electrons. The molecular formula is C4H6Cl4Si. The summed E-state index contributed by atoms with van der Waals surface area (Å²) in [5, 5.41) is -0.204. The molecule has 0 N–H and O–H groups in total. The number of hydrogen-bond donors (Lipinski definition) is 0. The van der Waals surface area contributed by atoms with Gasteiger partial charge in [-0.2, -0.15) is 0 Å². The highest BCUT2D eigenvalue weighted by Gasteiger charge is 2.27. The molecule has 1 atom stereocenters. The third kappa shape index (κ3) is 7.01. The van der Waals surface area contributed by atoms with Crippen molar-refractivity contribution in [3.63, 3.8) is 0 Å². The molecule has 0 radical (unpaired) electrons. The van der Waals surface area contributed by atoms with Crippen LogP contribution < -0.4 is 0 Å². The van der Waals surface area contributed by atoms with E-state index in [1.165, 1.54) is 0 Å². The average Bonchev–Trinajstić information content (AvgIpc) is 1.62.